The van der Waals surface area contributed by atoms with Gasteiger partial charge in [-0.3, -0.25) is 0 Å². The molecular formula is C12H14O6. The molecule has 0 amide bonds. The van der Waals surface area contributed by atoms with Crippen LogP contribution in [0.25, 0.3) is 0 Å². The third-order valence-corrected chi connectivity index (χ3v) is 1.55. The van der Waals surface area contributed by atoms with Gasteiger partial charge in [0.05, 0.1) is 13.2 Å². The van der Waals surface area contributed by atoms with Gasteiger partial charge in [-0.15, -0.1) is 6.42 Å². The number of carbonyl (C=O) groups is 3. The van der Waals surface area contributed by atoms with Crippen LogP contribution in [0.5, 0.6) is 0 Å². The third-order valence-electron chi connectivity index (χ3n) is 1.55. The van der Waals surface area contributed by atoms with Gasteiger partial charge in [0, 0.05) is 6.08 Å². The van der Waals surface area contributed by atoms with Crippen molar-refractivity contribution in [3.8, 4) is 12.3 Å². The molecule has 98 valence electrons. The highest BCUT2D eigenvalue weighted by molar-refractivity contribution is 6.17. The Morgan fingerprint density at radius 2 is 1.56 bits per heavy atom. The zero-order chi connectivity index (χ0) is 14.0. The highest BCUT2D eigenvalue weighted by Crippen LogP contribution is 2.03. The predicted molar refractivity (Wildman–Crippen MR) is 61.1 cm³/mol. The molecule has 0 aliphatic rings. The number of terminal acetylenes is 1. The van der Waals surface area contributed by atoms with Crippen LogP contribution in [0, 0.1) is 12.3 Å². The molecule has 6 heteroatoms. The summed E-state index contributed by atoms with van der Waals surface area (Å²) >= 11 is 0. The molecule has 0 spiro atoms. The second kappa shape index (κ2) is 8.82. The monoisotopic (exact) mass is 254 g/mol. The number of ether oxygens (including phenoxy) is 3. The minimum absolute atomic E-state index is 0.0645. The first-order valence-electron chi connectivity index (χ1n) is 5.22. The van der Waals surface area contributed by atoms with Crippen LogP contribution in [0.2, 0.25) is 0 Å². The Labute approximate surface area is 105 Å². The predicted octanol–water partition coefficient (Wildman–Crippen LogP) is 0.215. The number of hydrogen-bond donors (Lipinski definition) is 0. The first-order valence-corrected chi connectivity index (χ1v) is 5.22. The van der Waals surface area contributed by atoms with E-state index in [2.05, 4.69) is 20.1 Å². The van der Waals surface area contributed by atoms with Gasteiger partial charge in [0.25, 0.3) is 0 Å². The van der Waals surface area contributed by atoms with Gasteiger partial charge in [0.1, 0.15) is 0 Å². The van der Waals surface area contributed by atoms with Crippen LogP contribution in [0.3, 0.4) is 0 Å². The van der Waals surface area contributed by atoms with E-state index in [-0.39, 0.29) is 19.8 Å². The second-order valence-electron chi connectivity index (χ2n) is 2.81. The summed E-state index contributed by atoms with van der Waals surface area (Å²) in [7, 11) is 0. The molecule has 0 radical (unpaired) electrons. The van der Waals surface area contributed by atoms with E-state index in [1.807, 2.05) is 0 Å². The van der Waals surface area contributed by atoms with Gasteiger partial charge in [0.2, 0.25) is 0 Å². The van der Waals surface area contributed by atoms with Gasteiger partial charge < -0.3 is 14.2 Å². The Bertz CT molecular complexity index is 368. The number of esters is 3. The molecule has 0 saturated heterocycles. The van der Waals surface area contributed by atoms with Crippen molar-refractivity contribution in [3.05, 3.63) is 11.6 Å². The lowest BCUT2D eigenvalue weighted by atomic mass is 10.2. The third kappa shape index (κ3) is 5.70. The smallest absolute Gasteiger partial charge is 0.345 e. The highest BCUT2D eigenvalue weighted by atomic mass is 16.6. The molecule has 0 aliphatic heterocycles. The summed E-state index contributed by atoms with van der Waals surface area (Å²) < 4.78 is 13.8. The zero-order valence-electron chi connectivity index (χ0n) is 10.2. The summed E-state index contributed by atoms with van der Waals surface area (Å²) in [6.45, 7) is 3.01. The maximum atomic E-state index is 11.4. The fourth-order valence-electron chi connectivity index (χ4n) is 0.891. The van der Waals surface area contributed by atoms with Crippen molar-refractivity contribution in [2.24, 2.45) is 0 Å². The Kier molecular flexibility index (Phi) is 7.69. The van der Waals surface area contributed by atoms with E-state index in [0.717, 1.165) is 0 Å². The Hall–Kier alpha value is -2.29. The van der Waals surface area contributed by atoms with E-state index in [9.17, 15) is 14.4 Å². The van der Waals surface area contributed by atoms with Crippen LogP contribution >= 0.6 is 0 Å². The van der Waals surface area contributed by atoms with E-state index in [1.165, 1.54) is 0 Å². The van der Waals surface area contributed by atoms with Gasteiger partial charge in [-0.1, -0.05) is 5.92 Å². The summed E-state index contributed by atoms with van der Waals surface area (Å²) in [4.78, 5) is 34.1. The molecule has 0 aromatic rings. The molecule has 0 saturated carbocycles. The second-order valence-corrected chi connectivity index (χ2v) is 2.81. The minimum Gasteiger partial charge on any atom is -0.462 e. The van der Waals surface area contributed by atoms with Crippen LogP contribution in [-0.4, -0.2) is 37.7 Å². The molecular weight excluding hydrogens is 240 g/mol. The molecule has 0 fully saturated rings. The maximum absolute atomic E-state index is 11.4. The molecule has 0 unspecified atom stereocenters. The van der Waals surface area contributed by atoms with E-state index in [1.54, 1.807) is 13.8 Å². The van der Waals surface area contributed by atoms with E-state index in [0.29, 0.717) is 6.08 Å². The van der Waals surface area contributed by atoms with Gasteiger partial charge in [-0.05, 0) is 13.8 Å². The van der Waals surface area contributed by atoms with Crippen molar-refractivity contribution >= 4 is 17.9 Å². The maximum Gasteiger partial charge on any atom is 0.345 e. The zero-order valence-corrected chi connectivity index (χ0v) is 10.2. The number of carbonyl (C=O) groups excluding carboxylic acids is 3. The van der Waals surface area contributed by atoms with Crippen LogP contribution in [-0.2, 0) is 28.6 Å². The van der Waals surface area contributed by atoms with Crippen molar-refractivity contribution < 1.29 is 28.6 Å². The van der Waals surface area contributed by atoms with Gasteiger partial charge in [-0.2, -0.15) is 0 Å². The van der Waals surface area contributed by atoms with Crippen LogP contribution in [0.4, 0.5) is 0 Å². The van der Waals surface area contributed by atoms with Crippen LogP contribution in [0.15, 0.2) is 11.6 Å². The Balaban J connectivity index is 4.91. The summed E-state index contributed by atoms with van der Waals surface area (Å²) in [5, 5.41) is 0. The van der Waals surface area contributed by atoms with Crippen molar-refractivity contribution in [2.45, 2.75) is 13.8 Å². The topological polar surface area (TPSA) is 78.9 Å². The molecule has 0 aromatic heterocycles. The standard InChI is InChI=1S/C12H14O6/c1-4-7-18-10(13)8-9(11(14)16-5-2)12(15)17-6-3/h1,8H,5-7H2,2-3H3. The SMILES string of the molecule is C#CCOC(=O)C=C(C(=O)OCC)C(=O)OCC. The molecule has 18 heavy (non-hydrogen) atoms. The summed E-state index contributed by atoms with van der Waals surface area (Å²) in [6, 6.07) is 0. The first-order chi connectivity index (χ1) is 8.56. The fraction of sp³-hybridized carbons (Fsp3) is 0.417. The van der Waals surface area contributed by atoms with E-state index < -0.39 is 23.5 Å². The molecule has 0 N–H and O–H groups in total. The van der Waals surface area contributed by atoms with Crippen molar-refractivity contribution in [1.82, 2.24) is 0 Å². The van der Waals surface area contributed by atoms with E-state index in [4.69, 9.17) is 6.42 Å². The first kappa shape index (κ1) is 15.7. The molecule has 6 nitrogen and oxygen atoms in total. The lowest BCUT2D eigenvalue weighted by Crippen LogP contribution is -2.20. The molecule has 0 rings (SSSR count). The van der Waals surface area contributed by atoms with Gasteiger partial charge in [-0.25, -0.2) is 14.4 Å². The Morgan fingerprint density at radius 3 is 1.94 bits per heavy atom. The normalized spacial score (nSPS) is 8.72. The summed E-state index contributed by atoms with van der Waals surface area (Å²) in [5.74, 6) is -0.738. The minimum atomic E-state index is -0.950. The van der Waals surface area contributed by atoms with E-state index >= 15 is 0 Å². The largest absolute Gasteiger partial charge is 0.462 e. The van der Waals surface area contributed by atoms with Crippen molar-refractivity contribution in [1.29, 1.82) is 0 Å². The molecule has 0 aliphatic carbocycles. The highest BCUT2D eigenvalue weighted by Gasteiger charge is 2.22. The molecule has 0 atom stereocenters. The fourth-order valence-corrected chi connectivity index (χ4v) is 0.891. The molecule has 0 aromatic carbocycles. The van der Waals surface area contributed by atoms with Gasteiger partial charge in [0.15, 0.2) is 12.2 Å². The summed E-state index contributed by atoms with van der Waals surface area (Å²) in [5.41, 5.74) is -0.527. The van der Waals surface area contributed by atoms with Crippen LogP contribution in [0.1, 0.15) is 13.8 Å². The molecule has 0 heterocycles. The van der Waals surface area contributed by atoms with Crippen LogP contribution < -0.4 is 0 Å². The molecule has 0 bridgehead atoms. The lowest BCUT2D eigenvalue weighted by molar-refractivity contribution is -0.148. The quantitative estimate of drug-likeness (QED) is 0.168. The summed E-state index contributed by atoms with van der Waals surface area (Å²) in [6.07, 6.45) is 5.59. The average Bonchev–Trinajstić information content (AvgIpc) is 2.33. The number of rotatable bonds is 6. The number of hydrogen-bond acceptors (Lipinski definition) is 6. The Morgan fingerprint density at radius 1 is 1.06 bits per heavy atom. The van der Waals surface area contributed by atoms with Crippen molar-refractivity contribution in [2.75, 3.05) is 19.8 Å². The van der Waals surface area contributed by atoms with Gasteiger partial charge >= 0.3 is 17.9 Å². The van der Waals surface area contributed by atoms with Crippen molar-refractivity contribution in [3.63, 3.8) is 0 Å². The lowest BCUT2D eigenvalue weighted by Gasteiger charge is -2.06. The average molecular weight is 254 g/mol.